The van der Waals surface area contributed by atoms with E-state index in [1.165, 1.54) is 114 Å². The van der Waals surface area contributed by atoms with Gasteiger partial charge in [0.2, 0.25) is 0 Å². The van der Waals surface area contributed by atoms with Gasteiger partial charge in [0.15, 0.2) is 0 Å². The van der Waals surface area contributed by atoms with Crippen molar-refractivity contribution in [3.63, 3.8) is 0 Å². The van der Waals surface area contributed by atoms with Crippen LogP contribution in [-0.2, 0) is 17.6 Å². The number of benzene rings is 2. The van der Waals surface area contributed by atoms with Crippen LogP contribution in [0.25, 0.3) is 0 Å². The van der Waals surface area contributed by atoms with Crippen LogP contribution in [0, 0.1) is 23.7 Å². The number of Topliss-reactive ketones (excluding diaryl/α,β-unsaturated/α-hetero) is 1. The highest BCUT2D eigenvalue weighted by Crippen LogP contribution is 2.33. The van der Waals surface area contributed by atoms with Gasteiger partial charge in [-0.3, -0.25) is 4.79 Å². The summed E-state index contributed by atoms with van der Waals surface area (Å²) in [6.07, 6.45) is 24.7. The van der Waals surface area contributed by atoms with Crippen molar-refractivity contribution in [3.05, 3.63) is 59.7 Å². The predicted molar refractivity (Wildman–Crippen MR) is 185 cm³/mol. The molecule has 0 heterocycles. The average Bonchev–Trinajstić information content (AvgIpc) is 3.07. The second-order valence-corrected chi connectivity index (χ2v) is 14.2. The zero-order chi connectivity index (χ0) is 30.8. The fourth-order valence-corrected chi connectivity index (χ4v) is 7.37. The third kappa shape index (κ3) is 13.0. The van der Waals surface area contributed by atoms with Crippen LogP contribution >= 0.6 is 0 Å². The van der Waals surface area contributed by atoms with Crippen molar-refractivity contribution in [1.82, 2.24) is 0 Å². The zero-order valence-electron chi connectivity index (χ0n) is 28.2. The first-order valence-electron chi connectivity index (χ1n) is 18.6. The number of unbranched alkanes of at least 4 members (excludes halogenated alkanes) is 4. The summed E-state index contributed by atoms with van der Waals surface area (Å²) in [5, 5.41) is 0. The van der Waals surface area contributed by atoms with Gasteiger partial charge in [-0.05, 0) is 97.6 Å². The molecule has 2 aliphatic carbocycles. The normalized spacial score (nSPS) is 22.0. The molecule has 0 amide bonds. The molecule has 2 aromatic rings. The molecule has 0 saturated heterocycles. The van der Waals surface area contributed by atoms with Crippen molar-refractivity contribution in [2.75, 3.05) is 13.2 Å². The van der Waals surface area contributed by atoms with Crippen molar-refractivity contribution in [1.29, 1.82) is 0 Å². The molecule has 0 radical (unpaired) electrons. The Balaban J connectivity index is 1.05. The van der Waals surface area contributed by atoms with E-state index in [-0.39, 0.29) is 0 Å². The van der Waals surface area contributed by atoms with E-state index in [2.05, 4.69) is 62.4 Å². The molecule has 2 saturated carbocycles. The Kier molecular flexibility index (Phi) is 15.7. The second-order valence-electron chi connectivity index (χ2n) is 14.2. The van der Waals surface area contributed by atoms with Crippen LogP contribution in [0.1, 0.15) is 141 Å². The summed E-state index contributed by atoms with van der Waals surface area (Å²) in [6, 6.07) is 16.9. The van der Waals surface area contributed by atoms with Gasteiger partial charge in [0.1, 0.15) is 17.3 Å². The Bertz CT molecular complexity index is 943. The van der Waals surface area contributed by atoms with Gasteiger partial charge >= 0.3 is 0 Å². The molecule has 2 aromatic carbocycles. The summed E-state index contributed by atoms with van der Waals surface area (Å²) < 4.78 is 12.3. The Morgan fingerprint density at radius 3 is 1.27 bits per heavy atom. The highest BCUT2D eigenvalue weighted by molar-refractivity contribution is 5.78. The average molecular weight is 603 g/mol. The molecule has 0 N–H and O–H groups in total. The first-order valence-corrected chi connectivity index (χ1v) is 18.6. The Hall–Kier alpha value is -2.29. The topological polar surface area (TPSA) is 35.5 Å². The van der Waals surface area contributed by atoms with Crippen LogP contribution in [0.15, 0.2) is 48.5 Å². The summed E-state index contributed by atoms with van der Waals surface area (Å²) in [7, 11) is 0. The number of carbonyl (C=O) groups is 1. The van der Waals surface area contributed by atoms with Gasteiger partial charge in [-0.15, -0.1) is 0 Å². The van der Waals surface area contributed by atoms with E-state index < -0.39 is 0 Å². The molecule has 0 unspecified atom stereocenters. The van der Waals surface area contributed by atoms with E-state index in [0.717, 1.165) is 49.4 Å². The molecular formula is C41H62O3. The number of hydrogen-bond donors (Lipinski definition) is 0. The summed E-state index contributed by atoms with van der Waals surface area (Å²) >= 11 is 0. The molecule has 44 heavy (non-hydrogen) atoms. The van der Waals surface area contributed by atoms with Crippen molar-refractivity contribution in [2.45, 2.75) is 142 Å². The van der Waals surface area contributed by atoms with E-state index in [1.54, 1.807) is 0 Å². The highest BCUT2D eigenvalue weighted by atomic mass is 16.5. The number of carbonyl (C=O) groups excluding carboxylic acids is 1. The minimum Gasteiger partial charge on any atom is -0.493 e. The Morgan fingerprint density at radius 2 is 0.909 bits per heavy atom. The predicted octanol–water partition coefficient (Wildman–Crippen LogP) is 11.4. The molecule has 0 aliphatic heterocycles. The number of hydrogen-bond acceptors (Lipinski definition) is 3. The maximum atomic E-state index is 12.6. The third-order valence-electron chi connectivity index (χ3n) is 10.6. The van der Waals surface area contributed by atoms with E-state index in [0.29, 0.717) is 30.5 Å². The number of ether oxygens (including phenoxy) is 2. The van der Waals surface area contributed by atoms with Gasteiger partial charge in [0.25, 0.3) is 0 Å². The Morgan fingerprint density at radius 1 is 0.545 bits per heavy atom. The minimum absolute atomic E-state index is 0.334. The van der Waals surface area contributed by atoms with Gasteiger partial charge in [-0.1, -0.05) is 115 Å². The van der Waals surface area contributed by atoms with Crippen LogP contribution in [-0.4, -0.2) is 19.0 Å². The first-order chi connectivity index (χ1) is 21.6. The maximum absolute atomic E-state index is 12.6. The Labute approximate surface area is 269 Å². The first kappa shape index (κ1) is 34.6. The maximum Gasteiger partial charge on any atom is 0.133 e. The van der Waals surface area contributed by atoms with Gasteiger partial charge in [0, 0.05) is 12.8 Å². The summed E-state index contributed by atoms with van der Waals surface area (Å²) in [5.74, 6) is 5.56. The molecule has 3 nitrogen and oxygen atoms in total. The number of rotatable bonds is 20. The molecule has 0 aromatic heterocycles. The van der Waals surface area contributed by atoms with Crippen molar-refractivity contribution in [3.8, 4) is 11.5 Å². The largest absolute Gasteiger partial charge is 0.493 e. The molecular weight excluding hydrogens is 540 g/mol. The minimum atomic E-state index is 0.334. The van der Waals surface area contributed by atoms with Crippen LogP contribution in [0.3, 0.4) is 0 Å². The lowest BCUT2D eigenvalue weighted by Gasteiger charge is -2.28. The lowest BCUT2D eigenvalue weighted by Crippen LogP contribution is -2.20. The smallest absolute Gasteiger partial charge is 0.133 e. The van der Waals surface area contributed by atoms with Crippen LogP contribution in [0.2, 0.25) is 0 Å². The standard InChI is InChI=1S/C41H62O3/c1-3-5-7-9-33-11-15-37(16-12-33)31-43-40-27-21-35(22-28-40)19-25-39(42)26-20-36-23-29-41(30-24-36)44-32-38-17-13-34(14-18-38)10-8-6-4-2/h21-24,27-30,33-34,37-38H,3-20,25-26,31-32H2,1-2H3/t33-,34-,37-,38-. The molecule has 0 spiro atoms. The fourth-order valence-electron chi connectivity index (χ4n) is 7.37. The third-order valence-corrected chi connectivity index (χ3v) is 10.6. The number of aryl methyl sites for hydroxylation is 2. The van der Waals surface area contributed by atoms with Gasteiger partial charge in [0.05, 0.1) is 13.2 Å². The van der Waals surface area contributed by atoms with Crippen molar-refractivity contribution in [2.24, 2.45) is 23.7 Å². The quantitative estimate of drug-likeness (QED) is 0.141. The monoisotopic (exact) mass is 602 g/mol. The highest BCUT2D eigenvalue weighted by Gasteiger charge is 2.22. The second kappa shape index (κ2) is 20.0. The molecule has 2 fully saturated rings. The van der Waals surface area contributed by atoms with E-state index >= 15 is 0 Å². The van der Waals surface area contributed by atoms with Crippen LogP contribution < -0.4 is 9.47 Å². The SMILES string of the molecule is CCCCC[C@H]1CC[C@H](COc2ccc(CCC(=O)CCc3ccc(OC[C@H]4CC[C@H](CCCCC)CC4)cc3)cc2)CC1. The van der Waals surface area contributed by atoms with Crippen LogP contribution in [0.5, 0.6) is 11.5 Å². The summed E-state index contributed by atoms with van der Waals surface area (Å²) in [6.45, 7) is 6.26. The zero-order valence-corrected chi connectivity index (χ0v) is 28.2. The van der Waals surface area contributed by atoms with Gasteiger partial charge in [-0.25, -0.2) is 0 Å². The van der Waals surface area contributed by atoms with E-state index in [4.69, 9.17) is 9.47 Å². The van der Waals surface area contributed by atoms with Crippen molar-refractivity contribution < 1.29 is 14.3 Å². The van der Waals surface area contributed by atoms with Crippen molar-refractivity contribution >= 4 is 5.78 Å². The lowest BCUT2D eigenvalue weighted by atomic mass is 9.80. The molecule has 0 bridgehead atoms. The molecule has 244 valence electrons. The lowest BCUT2D eigenvalue weighted by molar-refractivity contribution is -0.119. The summed E-state index contributed by atoms with van der Waals surface area (Å²) in [4.78, 5) is 12.6. The van der Waals surface area contributed by atoms with Crippen LogP contribution in [0.4, 0.5) is 0 Å². The summed E-state index contributed by atoms with van der Waals surface area (Å²) in [5.41, 5.74) is 2.43. The molecule has 4 rings (SSSR count). The van der Waals surface area contributed by atoms with Gasteiger partial charge in [-0.2, -0.15) is 0 Å². The fraction of sp³-hybridized carbons (Fsp3) is 0.683. The van der Waals surface area contributed by atoms with E-state index in [1.807, 2.05) is 0 Å². The number of ketones is 1. The molecule has 3 heteroatoms. The molecule has 0 atom stereocenters. The van der Waals surface area contributed by atoms with E-state index in [9.17, 15) is 4.79 Å². The molecule has 2 aliphatic rings. The van der Waals surface area contributed by atoms with Gasteiger partial charge < -0.3 is 9.47 Å².